The van der Waals surface area contributed by atoms with Gasteiger partial charge in [0.1, 0.15) is 5.01 Å². The minimum Gasteiger partial charge on any atom is -0.310 e. The number of hydrogen-bond donors (Lipinski definition) is 1. The lowest BCUT2D eigenvalue weighted by molar-refractivity contribution is 0.321. The van der Waals surface area contributed by atoms with Gasteiger partial charge in [-0.15, -0.1) is 11.3 Å². The van der Waals surface area contributed by atoms with Gasteiger partial charge in [-0.25, -0.2) is 4.98 Å². The Kier molecular flexibility index (Phi) is 4.40. The first-order valence-electron chi connectivity index (χ1n) is 7.09. The highest BCUT2D eigenvalue weighted by atomic mass is 32.1. The van der Waals surface area contributed by atoms with E-state index < -0.39 is 0 Å². The molecule has 1 saturated carbocycles. The minimum absolute atomic E-state index is 0.835. The second-order valence-electron chi connectivity index (χ2n) is 5.25. The van der Waals surface area contributed by atoms with E-state index in [2.05, 4.69) is 32.6 Å². The zero-order valence-electron chi connectivity index (χ0n) is 11.7. The van der Waals surface area contributed by atoms with Crippen LogP contribution in [0.15, 0.2) is 29.8 Å². The van der Waals surface area contributed by atoms with Gasteiger partial charge in [-0.2, -0.15) is 0 Å². The molecular weight excluding hydrogens is 268 g/mol. The van der Waals surface area contributed by atoms with Crippen LogP contribution in [0.2, 0.25) is 0 Å². The molecule has 0 amide bonds. The molecule has 1 fully saturated rings. The molecule has 1 N–H and O–H groups in total. The Balaban J connectivity index is 1.45. The zero-order chi connectivity index (χ0) is 13.8. The lowest BCUT2D eigenvalue weighted by atomic mass is 10.3. The molecule has 0 bridgehead atoms. The average Bonchev–Trinajstić information content (AvgIpc) is 3.23. The van der Waals surface area contributed by atoms with Crippen molar-refractivity contribution in [1.29, 1.82) is 0 Å². The molecule has 0 radical (unpaired) electrons. The molecule has 0 unspecified atom stereocenters. The van der Waals surface area contributed by atoms with Gasteiger partial charge in [0.2, 0.25) is 0 Å². The van der Waals surface area contributed by atoms with Gasteiger partial charge in [-0.1, -0.05) is 6.07 Å². The summed E-state index contributed by atoms with van der Waals surface area (Å²) in [7, 11) is 2.21. The van der Waals surface area contributed by atoms with Crippen molar-refractivity contribution in [1.82, 2.24) is 20.2 Å². The predicted octanol–water partition coefficient (Wildman–Crippen LogP) is 2.39. The molecule has 3 rings (SSSR count). The van der Waals surface area contributed by atoms with Gasteiger partial charge in [-0.05, 0) is 32.0 Å². The summed E-state index contributed by atoms with van der Waals surface area (Å²) in [5.74, 6) is 0. The highest BCUT2D eigenvalue weighted by Gasteiger charge is 2.25. The standard InChI is InChI=1S/C15H20N4S/c1-19(13-5-6-13)9-8-16-10-12-11-20-15(18-12)14-4-2-3-7-17-14/h2-4,7,11,13,16H,5-6,8-10H2,1H3. The maximum atomic E-state index is 4.62. The number of hydrogen-bond acceptors (Lipinski definition) is 5. The summed E-state index contributed by atoms with van der Waals surface area (Å²) in [6.07, 6.45) is 4.55. The smallest absolute Gasteiger partial charge is 0.142 e. The fourth-order valence-electron chi connectivity index (χ4n) is 2.16. The molecule has 0 saturated heterocycles. The van der Waals surface area contributed by atoms with E-state index in [1.54, 1.807) is 11.3 Å². The van der Waals surface area contributed by atoms with Crippen molar-refractivity contribution in [2.24, 2.45) is 0 Å². The Morgan fingerprint density at radius 3 is 3.05 bits per heavy atom. The average molecular weight is 288 g/mol. The summed E-state index contributed by atoms with van der Waals surface area (Å²) < 4.78 is 0. The van der Waals surface area contributed by atoms with Crippen molar-refractivity contribution < 1.29 is 0 Å². The highest BCUT2D eigenvalue weighted by Crippen LogP contribution is 2.24. The van der Waals surface area contributed by atoms with Gasteiger partial charge in [0.25, 0.3) is 0 Å². The highest BCUT2D eigenvalue weighted by molar-refractivity contribution is 7.13. The van der Waals surface area contributed by atoms with Crippen LogP contribution in [0.25, 0.3) is 10.7 Å². The maximum absolute atomic E-state index is 4.62. The molecule has 2 aromatic heterocycles. The zero-order valence-corrected chi connectivity index (χ0v) is 12.6. The van der Waals surface area contributed by atoms with Crippen LogP contribution < -0.4 is 5.32 Å². The molecule has 1 aliphatic rings. The molecule has 5 heteroatoms. The third-order valence-corrected chi connectivity index (χ3v) is 4.47. The van der Waals surface area contributed by atoms with Crippen molar-refractivity contribution in [3.63, 3.8) is 0 Å². The predicted molar refractivity (Wildman–Crippen MR) is 82.7 cm³/mol. The number of thiazole rings is 1. The quantitative estimate of drug-likeness (QED) is 0.794. The van der Waals surface area contributed by atoms with Crippen molar-refractivity contribution in [3.8, 4) is 10.7 Å². The Morgan fingerprint density at radius 2 is 2.30 bits per heavy atom. The molecule has 4 nitrogen and oxygen atoms in total. The summed E-state index contributed by atoms with van der Waals surface area (Å²) in [6, 6.07) is 6.76. The van der Waals surface area contributed by atoms with Crippen LogP contribution in [0.4, 0.5) is 0 Å². The van der Waals surface area contributed by atoms with E-state index in [9.17, 15) is 0 Å². The fraction of sp³-hybridized carbons (Fsp3) is 0.467. The third kappa shape index (κ3) is 3.62. The number of aromatic nitrogens is 2. The first kappa shape index (κ1) is 13.7. The van der Waals surface area contributed by atoms with Crippen LogP contribution in [0.5, 0.6) is 0 Å². The van der Waals surface area contributed by atoms with Gasteiger partial charge in [0.15, 0.2) is 0 Å². The molecule has 0 atom stereocenters. The molecule has 1 aliphatic carbocycles. The van der Waals surface area contributed by atoms with Gasteiger partial charge in [0.05, 0.1) is 11.4 Å². The van der Waals surface area contributed by atoms with E-state index >= 15 is 0 Å². The van der Waals surface area contributed by atoms with Gasteiger partial charge in [-0.3, -0.25) is 4.98 Å². The SMILES string of the molecule is CN(CCNCc1csc(-c2ccccn2)n1)C1CC1. The first-order chi connectivity index (χ1) is 9.83. The van der Waals surface area contributed by atoms with Crippen LogP contribution in [-0.4, -0.2) is 41.0 Å². The molecule has 2 aromatic rings. The van der Waals surface area contributed by atoms with Gasteiger partial charge >= 0.3 is 0 Å². The first-order valence-corrected chi connectivity index (χ1v) is 7.97. The largest absolute Gasteiger partial charge is 0.310 e. The topological polar surface area (TPSA) is 41.0 Å². The van der Waals surface area contributed by atoms with Crippen molar-refractivity contribution in [2.45, 2.75) is 25.4 Å². The number of nitrogens with zero attached hydrogens (tertiary/aromatic N) is 3. The minimum atomic E-state index is 0.835. The molecule has 2 heterocycles. The van der Waals surface area contributed by atoms with Crippen molar-refractivity contribution in [2.75, 3.05) is 20.1 Å². The lowest BCUT2D eigenvalue weighted by Gasteiger charge is -2.15. The van der Waals surface area contributed by atoms with E-state index in [0.717, 1.165) is 42.1 Å². The molecule has 0 aromatic carbocycles. The lowest BCUT2D eigenvalue weighted by Crippen LogP contribution is -2.30. The number of rotatable bonds is 7. The van der Waals surface area contributed by atoms with E-state index in [1.807, 2.05) is 24.4 Å². The summed E-state index contributed by atoms with van der Waals surface area (Å²) >= 11 is 1.66. The van der Waals surface area contributed by atoms with Crippen LogP contribution in [0.3, 0.4) is 0 Å². The molecular formula is C15H20N4S. The Morgan fingerprint density at radius 1 is 1.40 bits per heavy atom. The van der Waals surface area contributed by atoms with Crippen LogP contribution >= 0.6 is 11.3 Å². The summed E-state index contributed by atoms with van der Waals surface area (Å²) in [4.78, 5) is 11.4. The second kappa shape index (κ2) is 6.43. The van der Waals surface area contributed by atoms with Gasteiger partial charge in [0, 0.05) is 37.3 Å². The number of likely N-dealkylation sites (N-methyl/N-ethyl adjacent to an activating group) is 1. The number of nitrogens with one attached hydrogen (secondary N) is 1. The monoisotopic (exact) mass is 288 g/mol. The van der Waals surface area contributed by atoms with Crippen LogP contribution in [0, 0.1) is 0 Å². The Bertz CT molecular complexity index is 536. The Hall–Kier alpha value is -1.30. The van der Waals surface area contributed by atoms with Crippen molar-refractivity contribution >= 4 is 11.3 Å². The van der Waals surface area contributed by atoms with E-state index in [1.165, 1.54) is 12.8 Å². The fourth-order valence-corrected chi connectivity index (χ4v) is 2.96. The van der Waals surface area contributed by atoms with Crippen LogP contribution in [-0.2, 0) is 6.54 Å². The van der Waals surface area contributed by atoms with Crippen LogP contribution in [0.1, 0.15) is 18.5 Å². The normalized spacial score (nSPS) is 14.9. The summed E-state index contributed by atoms with van der Waals surface area (Å²) in [5, 5.41) is 6.57. The van der Waals surface area contributed by atoms with E-state index in [-0.39, 0.29) is 0 Å². The van der Waals surface area contributed by atoms with Gasteiger partial charge < -0.3 is 10.2 Å². The second-order valence-corrected chi connectivity index (χ2v) is 6.11. The summed E-state index contributed by atoms with van der Waals surface area (Å²) in [5.41, 5.74) is 2.06. The number of pyridine rings is 1. The maximum Gasteiger partial charge on any atom is 0.142 e. The third-order valence-electron chi connectivity index (χ3n) is 3.55. The van der Waals surface area contributed by atoms with E-state index in [0.29, 0.717) is 0 Å². The molecule has 106 valence electrons. The molecule has 20 heavy (non-hydrogen) atoms. The summed E-state index contributed by atoms with van der Waals surface area (Å²) in [6.45, 7) is 2.97. The Labute approximate surface area is 123 Å². The molecule has 0 spiro atoms. The van der Waals surface area contributed by atoms with Crippen molar-refractivity contribution in [3.05, 3.63) is 35.5 Å². The van der Waals surface area contributed by atoms with E-state index in [4.69, 9.17) is 0 Å². The molecule has 0 aliphatic heterocycles.